The van der Waals surface area contributed by atoms with Gasteiger partial charge in [0.25, 0.3) is 0 Å². The van der Waals surface area contributed by atoms with Crippen molar-refractivity contribution in [1.82, 2.24) is 4.90 Å². The number of benzene rings is 2. The summed E-state index contributed by atoms with van der Waals surface area (Å²) in [6.45, 7) is 4.25. The van der Waals surface area contributed by atoms with Crippen LogP contribution in [0.25, 0.3) is 0 Å². The zero-order valence-corrected chi connectivity index (χ0v) is 19.5. The van der Waals surface area contributed by atoms with Crippen LogP contribution in [0.4, 0.5) is 0 Å². The van der Waals surface area contributed by atoms with Crippen LogP contribution in [0.2, 0.25) is 0 Å². The summed E-state index contributed by atoms with van der Waals surface area (Å²) in [6, 6.07) is 12.6. The van der Waals surface area contributed by atoms with Crippen molar-refractivity contribution in [2.45, 2.75) is 38.2 Å². The van der Waals surface area contributed by atoms with Gasteiger partial charge in [0.1, 0.15) is 18.1 Å². The normalized spacial score (nSPS) is 19.6. The van der Waals surface area contributed by atoms with Gasteiger partial charge in [0, 0.05) is 18.5 Å². The first-order valence-electron chi connectivity index (χ1n) is 11.3. The predicted octanol–water partition coefficient (Wildman–Crippen LogP) is 4.13. The first kappa shape index (κ1) is 22.6. The molecule has 2 heterocycles. The lowest BCUT2D eigenvalue weighted by atomic mass is 9.90. The Balaban J connectivity index is 1.24. The molecule has 2 N–H and O–H groups in total. The fourth-order valence-corrected chi connectivity index (χ4v) is 4.92. The number of fused-ring (bicyclic) bond motifs is 1. The highest BCUT2D eigenvalue weighted by molar-refractivity contribution is 9.10. The highest BCUT2D eigenvalue weighted by Gasteiger charge is 2.21. The summed E-state index contributed by atoms with van der Waals surface area (Å²) in [6.07, 6.45) is 4.77. The van der Waals surface area contributed by atoms with Gasteiger partial charge in [-0.1, -0.05) is 12.1 Å². The third kappa shape index (κ3) is 6.01. The molecule has 0 aliphatic carbocycles. The maximum atomic E-state index is 10.2. The molecule has 1 saturated heterocycles. The highest BCUT2D eigenvalue weighted by atomic mass is 79.9. The molecule has 1 unspecified atom stereocenters. The number of aliphatic hydroxyl groups excluding tert-OH is 2. The molecule has 1 atom stereocenters. The van der Waals surface area contributed by atoms with E-state index in [-0.39, 0.29) is 6.61 Å². The minimum Gasteiger partial charge on any atom is -0.493 e. The van der Waals surface area contributed by atoms with E-state index < -0.39 is 6.10 Å². The Morgan fingerprint density at radius 1 is 1.06 bits per heavy atom. The van der Waals surface area contributed by atoms with Gasteiger partial charge >= 0.3 is 0 Å². The van der Waals surface area contributed by atoms with Crippen molar-refractivity contribution < 1.29 is 19.7 Å². The second-order valence-electron chi connectivity index (χ2n) is 8.60. The van der Waals surface area contributed by atoms with Crippen LogP contribution in [-0.2, 0) is 12.8 Å². The molecule has 6 heteroatoms. The number of ether oxygens (including phenoxy) is 2. The van der Waals surface area contributed by atoms with Crippen molar-refractivity contribution >= 4 is 15.9 Å². The number of hydrogen-bond donors (Lipinski definition) is 2. The second kappa shape index (κ2) is 10.8. The lowest BCUT2D eigenvalue weighted by Gasteiger charge is -2.32. The molecule has 0 aromatic heterocycles. The van der Waals surface area contributed by atoms with E-state index in [4.69, 9.17) is 14.6 Å². The van der Waals surface area contributed by atoms with Crippen LogP contribution >= 0.6 is 15.9 Å². The molecule has 31 heavy (non-hydrogen) atoms. The Morgan fingerprint density at radius 2 is 1.87 bits per heavy atom. The molecule has 0 spiro atoms. The fourth-order valence-electron chi connectivity index (χ4n) is 4.56. The van der Waals surface area contributed by atoms with Crippen LogP contribution in [0.15, 0.2) is 40.9 Å². The number of aliphatic hydroxyl groups is 2. The molecule has 168 valence electrons. The maximum Gasteiger partial charge on any atom is 0.133 e. The Kier molecular flexibility index (Phi) is 7.88. The van der Waals surface area contributed by atoms with Gasteiger partial charge in [-0.25, -0.2) is 0 Å². The first-order valence-corrected chi connectivity index (χ1v) is 12.1. The summed E-state index contributed by atoms with van der Waals surface area (Å²) in [5.74, 6) is 2.34. The van der Waals surface area contributed by atoms with Crippen LogP contribution < -0.4 is 9.47 Å². The topological polar surface area (TPSA) is 62.2 Å². The Hall–Kier alpha value is -1.60. The molecule has 0 saturated carbocycles. The number of piperidine rings is 1. The molecule has 0 bridgehead atoms. The number of likely N-dealkylation sites (tertiary alicyclic amines) is 1. The lowest BCUT2D eigenvalue weighted by molar-refractivity contribution is 0.115. The summed E-state index contributed by atoms with van der Waals surface area (Å²) in [5.41, 5.74) is 3.51. The maximum absolute atomic E-state index is 10.2. The summed E-state index contributed by atoms with van der Waals surface area (Å²) < 4.78 is 12.2. The average molecular weight is 490 g/mol. The molecular formula is C25H32BrNO4. The third-order valence-electron chi connectivity index (χ3n) is 6.37. The molecule has 2 aromatic rings. The lowest BCUT2D eigenvalue weighted by Crippen LogP contribution is -2.35. The van der Waals surface area contributed by atoms with Crippen molar-refractivity contribution in [1.29, 1.82) is 0 Å². The van der Waals surface area contributed by atoms with E-state index in [1.807, 2.05) is 12.1 Å². The molecular weight excluding hydrogens is 458 g/mol. The molecule has 2 aliphatic heterocycles. The smallest absolute Gasteiger partial charge is 0.133 e. The van der Waals surface area contributed by atoms with Crippen LogP contribution in [0, 0.1) is 5.92 Å². The Labute approximate surface area is 193 Å². The molecule has 4 rings (SSSR count). The standard InChI is InChI=1S/C25H32BrNO4/c26-22-3-1-20(17-25(22)31-14-12-28)15-19-6-10-27(11-7-19)9-5-18-2-4-24-21(16-18)23(29)8-13-30-24/h1-4,16-17,19,23,28-29H,5-15H2. The van der Waals surface area contributed by atoms with Gasteiger partial charge in [0.2, 0.25) is 0 Å². The van der Waals surface area contributed by atoms with E-state index in [9.17, 15) is 5.11 Å². The van der Waals surface area contributed by atoms with Gasteiger partial charge in [0.05, 0.1) is 23.8 Å². The summed E-state index contributed by atoms with van der Waals surface area (Å²) in [7, 11) is 0. The molecule has 2 aliphatic rings. The van der Waals surface area contributed by atoms with E-state index in [0.29, 0.717) is 25.6 Å². The largest absolute Gasteiger partial charge is 0.493 e. The average Bonchev–Trinajstić information content (AvgIpc) is 2.79. The van der Waals surface area contributed by atoms with Gasteiger partial charge in [0.15, 0.2) is 0 Å². The fraction of sp³-hybridized carbons (Fsp3) is 0.520. The highest BCUT2D eigenvalue weighted by Crippen LogP contribution is 2.33. The number of halogens is 1. The minimum absolute atomic E-state index is 0.0228. The Bertz CT molecular complexity index is 867. The van der Waals surface area contributed by atoms with Gasteiger partial charge in [-0.15, -0.1) is 0 Å². The van der Waals surface area contributed by atoms with Crippen LogP contribution in [-0.4, -0.2) is 54.6 Å². The minimum atomic E-state index is -0.396. The van der Waals surface area contributed by atoms with Crippen molar-refractivity contribution in [3.05, 3.63) is 57.6 Å². The third-order valence-corrected chi connectivity index (χ3v) is 7.03. The summed E-state index contributed by atoms with van der Waals surface area (Å²) >= 11 is 3.52. The number of hydrogen-bond acceptors (Lipinski definition) is 5. The Morgan fingerprint density at radius 3 is 2.68 bits per heavy atom. The van der Waals surface area contributed by atoms with E-state index in [1.165, 1.54) is 24.0 Å². The van der Waals surface area contributed by atoms with Crippen molar-refractivity contribution in [3.8, 4) is 11.5 Å². The molecule has 5 nitrogen and oxygen atoms in total. The van der Waals surface area contributed by atoms with Crippen LogP contribution in [0.3, 0.4) is 0 Å². The van der Waals surface area contributed by atoms with Gasteiger partial charge < -0.3 is 24.6 Å². The molecule has 2 aromatic carbocycles. The quantitative estimate of drug-likeness (QED) is 0.583. The first-order chi connectivity index (χ1) is 15.1. The molecule has 1 fully saturated rings. The van der Waals surface area contributed by atoms with Gasteiger partial charge in [-0.2, -0.15) is 0 Å². The van der Waals surface area contributed by atoms with Crippen molar-refractivity contribution in [2.24, 2.45) is 5.92 Å². The van der Waals surface area contributed by atoms with Crippen molar-refractivity contribution in [3.63, 3.8) is 0 Å². The van der Waals surface area contributed by atoms with Crippen LogP contribution in [0.1, 0.15) is 42.1 Å². The number of nitrogens with zero attached hydrogens (tertiary/aromatic N) is 1. The van der Waals surface area contributed by atoms with Crippen LogP contribution in [0.5, 0.6) is 11.5 Å². The van der Waals surface area contributed by atoms with E-state index in [1.54, 1.807) is 0 Å². The van der Waals surface area contributed by atoms with E-state index in [2.05, 4.69) is 45.1 Å². The van der Waals surface area contributed by atoms with Crippen molar-refractivity contribution in [2.75, 3.05) is 39.5 Å². The zero-order chi connectivity index (χ0) is 21.6. The van der Waals surface area contributed by atoms with Gasteiger partial charge in [-0.05, 0) is 96.0 Å². The number of rotatable bonds is 8. The molecule has 0 radical (unpaired) electrons. The van der Waals surface area contributed by atoms with E-state index >= 15 is 0 Å². The second-order valence-corrected chi connectivity index (χ2v) is 9.46. The SMILES string of the molecule is OCCOc1cc(CC2CCN(CCc3ccc4c(c3)C(O)CCO4)CC2)ccc1Br. The zero-order valence-electron chi connectivity index (χ0n) is 17.9. The van der Waals surface area contributed by atoms with Gasteiger partial charge in [-0.3, -0.25) is 0 Å². The van der Waals surface area contributed by atoms with E-state index in [0.717, 1.165) is 54.0 Å². The predicted molar refractivity (Wildman–Crippen MR) is 125 cm³/mol. The monoisotopic (exact) mass is 489 g/mol. The summed E-state index contributed by atoms with van der Waals surface area (Å²) in [4.78, 5) is 2.56. The molecule has 0 amide bonds. The summed E-state index contributed by atoms with van der Waals surface area (Å²) in [5, 5.41) is 19.2.